The molecule has 0 unspecified atom stereocenters. The number of aryl methyl sites for hydroxylation is 1. The summed E-state index contributed by atoms with van der Waals surface area (Å²) in [6, 6.07) is 5.70. The number of fused-ring (bicyclic) bond motifs is 1. The normalized spacial score (nSPS) is 16.8. The molecule has 5 N–H and O–H groups in total. The summed E-state index contributed by atoms with van der Waals surface area (Å²) in [4.78, 5) is 21.8. The minimum Gasteiger partial charge on any atom is -0.484 e. The number of primary amides is 1. The molecular formula is C13H17N3O3. The molecule has 0 saturated carbocycles. The van der Waals surface area contributed by atoms with Gasteiger partial charge in [-0.3, -0.25) is 9.59 Å². The fraction of sp³-hybridized carbons (Fsp3) is 0.385. The van der Waals surface area contributed by atoms with Gasteiger partial charge in [0.25, 0.3) is 5.91 Å². The first-order chi connectivity index (χ1) is 9.06. The second-order valence-electron chi connectivity index (χ2n) is 4.54. The standard InChI is InChI=1S/C13H17N3O3/c14-11-4-2-8-1-3-9(5-10(8)11)19-7-13(18)16-6-12(15)17/h1,3,5,11H,2,4,6-7,14H2,(H2,15,17)(H,16,18)/t11-/m1/s1. The van der Waals surface area contributed by atoms with E-state index in [1.54, 1.807) is 0 Å². The fourth-order valence-electron chi connectivity index (χ4n) is 2.09. The van der Waals surface area contributed by atoms with Crippen LogP contribution in [0.4, 0.5) is 0 Å². The Balaban J connectivity index is 1.88. The molecule has 1 aromatic carbocycles. The van der Waals surface area contributed by atoms with E-state index in [0.717, 1.165) is 18.4 Å². The van der Waals surface area contributed by atoms with Crippen LogP contribution in [0, 0.1) is 0 Å². The summed E-state index contributed by atoms with van der Waals surface area (Å²) >= 11 is 0. The number of carbonyl (C=O) groups is 2. The topological polar surface area (TPSA) is 107 Å². The van der Waals surface area contributed by atoms with Crippen molar-refractivity contribution in [2.24, 2.45) is 11.5 Å². The molecule has 1 aromatic rings. The van der Waals surface area contributed by atoms with Crippen molar-refractivity contribution in [3.63, 3.8) is 0 Å². The van der Waals surface area contributed by atoms with Gasteiger partial charge in [-0.1, -0.05) is 6.07 Å². The van der Waals surface area contributed by atoms with Gasteiger partial charge in [-0.2, -0.15) is 0 Å². The van der Waals surface area contributed by atoms with Crippen LogP contribution in [0.3, 0.4) is 0 Å². The number of carbonyl (C=O) groups excluding carboxylic acids is 2. The van der Waals surface area contributed by atoms with Crippen molar-refractivity contribution in [2.45, 2.75) is 18.9 Å². The molecule has 6 heteroatoms. The van der Waals surface area contributed by atoms with E-state index in [1.807, 2.05) is 18.2 Å². The van der Waals surface area contributed by atoms with E-state index in [1.165, 1.54) is 5.56 Å². The maximum absolute atomic E-state index is 11.4. The van der Waals surface area contributed by atoms with E-state index in [-0.39, 0.29) is 25.1 Å². The van der Waals surface area contributed by atoms with Crippen molar-refractivity contribution in [2.75, 3.05) is 13.2 Å². The predicted molar refractivity (Wildman–Crippen MR) is 69.4 cm³/mol. The zero-order valence-corrected chi connectivity index (χ0v) is 10.5. The molecule has 19 heavy (non-hydrogen) atoms. The van der Waals surface area contributed by atoms with Gasteiger partial charge >= 0.3 is 0 Å². The number of hydrogen-bond acceptors (Lipinski definition) is 4. The number of nitrogens with two attached hydrogens (primary N) is 2. The van der Waals surface area contributed by atoms with Crippen molar-refractivity contribution in [1.29, 1.82) is 0 Å². The highest BCUT2D eigenvalue weighted by Gasteiger charge is 2.19. The molecule has 0 aromatic heterocycles. The van der Waals surface area contributed by atoms with Gasteiger partial charge in [0.1, 0.15) is 5.75 Å². The third-order valence-electron chi connectivity index (χ3n) is 3.07. The van der Waals surface area contributed by atoms with Crippen LogP contribution in [0.1, 0.15) is 23.6 Å². The Morgan fingerprint density at radius 2 is 2.21 bits per heavy atom. The van der Waals surface area contributed by atoms with Gasteiger partial charge in [-0.25, -0.2) is 0 Å². The Labute approximate surface area is 111 Å². The molecule has 0 saturated heterocycles. The number of hydrogen-bond donors (Lipinski definition) is 3. The highest BCUT2D eigenvalue weighted by molar-refractivity contribution is 5.84. The Kier molecular flexibility index (Phi) is 4.01. The predicted octanol–water partition coefficient (Wildman–Crippen LogP) is -0.387. The first-order valence-electron chi connectivity index (χ1n) is 6.12. The molecule has 1 aliphatic rings. The molecule has 0 radical (unpaired) electrons. The highest BCUT2D eigenvalue weighted by atomic mass is 16.5. The maximum atomic E-state index is 11.4. The largest absolute Gasteiger partial charge is 0.484 e. The first-order valence-corrected chi connectivity index (χ1v) is 6.12. The Morgan fingerprint density at radius 3 is 2.95 bits per heavy atom. The van der Waals surface area contributed by atoms with Crippen LogP contribution in [0.2, 0.25) is 0 Å². The Bertz CT molecular complexity index is 502. The maximum Gasteiger partial charge on any atom is 0.258 e. The van der Waals surface area contributed by atoms with Crippen LogP contribution in [-0.4, -0.2) is 25.0 Å². The second kappa shape index (κ2) is 5.71. The quantitative estimate of drug-likeness (QED) is 0.672. The molecule has 0 bridgehead atoms. The van der Waals surface area contributed by atoms with E-state index in [4.69, 9.17) is 16.2 Å². The smallest absolute Gasteiger partial charge is 0.258 e. The van der Waals surface area contributed by atoms with Crippen molar-refractivity contribution in [3.8, 4) is 5.75 Å². The molecule has 102 valence electrons. The van der Waals surface area contributed by atoms with Crippen LogP contribution in [0.25, 0.3) is 0 Å². The average Bonchev–Trinajstić information content (AvgIpc) is 2.75. The molecular weight excluding hydrogens is 246 g/mol. The van der Waals surface area contributed by atoms with Crippen LogP contribution in [0.5, 0.6) is 5.75 Å². The van der Waals surface area contributed by atoms with Crippen molar-refractivity contribution in [3.05, 3.63) is 29.3 Å². The lowest BCUT2D eigenvalue weighted by Gasteiger charge is -2.09. The van der Waals surface area contributed by atoms with Crippen molar-refractivity contribution in [1.82, 2.24) is 5.32 Å². The highest BCUT2D eigenvalue weighted by Crippen LogP contribution is 2.31. The molecule has 1 aliphatic carbocycles. The first kappa shape index (κ1) is 13.4. The minimum absolute atomic E-state index is 0.0437. The third-order valence-corrected chi connectivity index (χ3v) is 3.07. The lowest BCUT2D eigenvalue weighted by Crippen LogP contribution is -2.36. The number of rotatable bonds is 5. The van der Waals surface area contributed by atoms with Gasteiger partial charge in [0, 0.05) is 6.04 Å². The van der Waals surface area contributed by atoms with E-state index in [9.17, 15) is 9.59 Å². The van der Waals surface area contributed by atoms with E-state index in [0.29, 0.717) is 5.75 Å². The van der Waals surface area contributed by atoms with Crippen LogP contribution in [0.15, 0.2) is 18.2 Å². The summed E-state index contributed by atoms with van der Waals surface area (Å²) < 4.78 is 5.35. The van der Waals surface area contributed by atoms with Gasteiger partial charge in [-0.15, -0.1) is 0 Å². The number of amides is 2. The third kappa shape index (κ3) is 3.45. The monoisotopic (exact) mass is 263 g/mol. The van der Waals surface area contributed by atoms with Gasteiger partial charge in [0.2, 0.25) is 5.91 Å². The van der Waals surface area contributed by atoms with Gasteiger partial charge in [-0.05, 0) is 36.1 Å². The minimum atomic E-state index is -0.586. The molecule has 0 heterocycles. The van der Waals surface area contributed by atoms with E-state index in [2.05, 4.69) is 5.32 Å². The summed E-state index contributed by atoms with van der Waals surface area (Å²) in [5.41, 5.74) is 13.2. The SMILES string of the molecule is NC(=O)CNC(=O)COc1ccc2c(c1)[C@H](N)CC2. The molecule has 0 aliphatic heterocycles. The Hall–Kier alpha value is -2.08. The lowest BCUT2D eigenvalue weighted by atomic mass is 10.1. The summed E-state index contributed by atoms with van der Waals surface area (Å²) in [6.45, 7) is -0.335. The molecule has 0 fully saturated rings. The summed E-state index contributed by atoms with van der Waals surface area (Å²) in [5.74, 6) is -0.370. The van der Waals surface area contributed by atoms with Crippen LogP contribution < -0.4 is 21.5 Å². The van der Waals surface area contributed by atoms with Gasteiger partial charge < -0.3 is 21.5 Å². The summed E-state index contributed by atoms with van der Waals surface area (Å²) in [7, 11) is 0. The Morgan fingerprint density at radius 1 is 1.42 bits per heavy atom. The van der Waals surface area contributed by atoms with Crippen molar-refractivity contribution >= 4 is 11.8 Å². The number of ether oxygens (including phenoxy) is 1. The lowest BCUT2D eigenvalue weighted by molar-refractivity contribution is -0.126. The van der Waals surface area contributed by atoms with Gasteiger partial charge in [0.05, 0.1) is 6.54 Å². The summed E-state index contributed by atoms with van der Waals surface area (Å²) in [5, 5.41) is 2.35. The second-order valence-corrected chi connectivity index (χ2v) is 4.54. The molecule has 2 amide bonds. The van der Waals surface area contributed by atoms with Crippen molar-refractivity contribution < 1.29 is 14.3 Å². The number of nitrogens with one attached hydrogen (secondary N) is 1. The van der Waals surface area contributed by atoms with E-state index < -0.39 is 5.91 Å². The average molecular weight is 263 g/mol. The molecule has 1 atom stereocenters. The molecule has 2 rings (SSSR count). The van der Waals surface area contributed by atoms with Gasteiger partial charge in [0.15, 0.2) is 6.61 Å². The molecule has 6 nitrogen and oxygen atoms in total. The van der Waals surface area contributed by atoms with Crippen LogP contribution >= 0.6 is 0 Å². The fourth-order valence-corrected chi connectivity index (χ4v) is 2.09. The zero-order valence-electron chi connectivity index (χ0n) is 10.5. The zero-order chi connectivity index (χ0) is 13.8. The van der Waals surface area contributed by atoms with Crippen LogP contribution in [-0.2, 0) is 16.0 Å². The molecule has 0 spiro atoms. The number of benzene rings is 1. The van der Waals surface area contributed by atoms with E-state index >= 15 is 0 Å². The summed E-state index contributed by atoms with van der Waals surface area (Å²) in [6.07, 6.45) is 1.92.